The number of halogens is 1. The Morgan fingerprint density at radius 1 is 1.13 bits per heavy atom. The molecule has 23 heavy (non-hydrogen) atoms. The first-order valence-corrected chi connectivity index (χ1v) is 7.65. The largest absolute Gasteiger partial charge is 0.361 e. The Labute approximate surface area is 139 Å². The second kappa shape index (κ2) is 6.67. The molecule has 0 fully saturated rings. The lowest BCUT2D eigenvalue weighted by Gasteiger charge is -2.10. The lowest BCUT2D eigenvalue weighted by atomic mass is 10.2. The lowest BCUT2D eigenvalue weighted by Crippen LogP contribution is -2.23. The van der Waals surface area contributed by atoms with Gasteiger partial charge in [0.05, 0.1) is 0 Å². The summed E-state index contributed by atoms with van der Waals surface area (Å²) in [5.41, 5.74) is 2.68. The van der Waals surface area contributed by atoms with Crippen LogP contribution in [0, 0.1) is 6.92 Å². The number of aromatic nitrogens is 2. The molecular weight excluding hydrogens is 310 g/mol. The number of hydrogen-bond donors (Lipinski definition) is 1. The van der Waals surface area contributed by atoms with E-state index in [2.05, 4.69) is 10.3 Å². The fourth-order valence-electron chi connectivity index (χ4n) is 2.26. The van der Waals surface area contributed by atoms with Gasteiger partial charge in [-0.25, -0.2) is 4.98 Å². The van der Waals surface area contributed by atoms with Crippen LogP contribution >= 0.6 is 11.6 Å². The molecule has 1 aromatic heterocycles. The quantitative estimate of drug-likeness (QED) is 0.793. The van der Waals surface area contributed by atoms with E-state index < -0.39 is 0 Å². The molecule has 0 atom stereocenters. The molecule has 0 bridgehead atoms. The Bertz CT molecular complexity index is 872. The van der Waals surface area contributed by atoms with E-state index in [4.69, 9.17) is 11.6 Å². The number of nitrogens with zero attached hydrogens (tertiary/aromatic N) is 2. The summed E-state index contributed by atoms with van der Waals surface area (Å²) in [7, 11) is 0. The van der Waals surface area contributed by atoms with Crippen LogP contribution in [-0.4, -0.2) is 9.55 Å². The average molecular weight is 326 g/mol. The molecule has 0 aliphatic rings. The zero-order valence-corrected chi connectivity index (χ0v) is 13.4. The van der Waals surface area contributed by atoms with Gasteiger partial charge in [-0.1, -0.05) is 47.5 Å². The topological polar surface area (TPSA) is 46.9 Å². The molecule has 0 radical (unpaired) electrons. The van der Waals surface area contributed by atoms with Crippen LogP contribution in [0.2, 0.25) is 5.02 Å². The first-order chi connectivity index (χ1) is 11.1. The fraction of sp³-hybridized carbons (Fsp3) is 0.111. The van der Waals surface area contributed by atoms with Gasteiger partial charge in [-0.05, 0) is 30.7 Å². The van der Waals surface area contributed by atoms with Gasteiger partial charge in [0.15, 0.2) is 5.82 Å². The number of hydrogen-bond acceptors (Lipinski definition) is 3. The molecule has 0 aliphatic heterocycles. The highest BCUT2D eigenvalue weighted by molar-refractivity contribution is 6.31. The number of nitrogens with one attached hydrogen (secondary N) is 1. The van der Waals surface area contributed by atoms with Crippen LogP contribution in [0.5, 0.6) is 0 Å². The summed E-state index contributed by atoms with van der Waals surface area (Å²) in [6.07, 6.45) is 3.27. The molecule has 0 saturated carbocycles. The highest BCUT2D eigenvalue weighted by Crippen LogP contribution is 2.15. The van der Waals surface area contributed by atoms with E-state index in [1.807, 2.05) is 55.5 Å². The van der Waals surface area contributed by atoms with Crippen molar-refractivity contribution in [3.05, 3.63) is 87.4 Å². The zero-order chi connectivity index (χ0) is 16.2. The van der Waals surface area contributed by atoms with E-state index in [9.17, 15) is 4.79 Å². The van der Waals surface area contributed by atoms with Gasteiger partial charge >= 0.3 is 0 Å². The standard InChI is InChI=1S/C18H16ClN3O/c1-13-6-8-15(9-7-13)22-11-10-20-17(18(22)23)21-12-14-4-2-3-5-16(14)19/h2-11H,12H2,1H3,(H,20,21). The van der Waals surface area contributed by atoms with Gasteiger partial charge in [0.2, 0.25) is 0 Å². The summed E-state index contributed by atoms with van der Waals surface area (Å²) in [5, 5.41) is 3.72. The van der Waals surface area contributed by atoms with E-state index >= 15 is 0 Å². The number of aryl methyl sites for hydroxylation is 1. The Balaban J connectivity index is 1.87. The highest BCUT2D eigenvalue weighted by Gasteiger charge is 2.07. The Hall–Kier alpha value is -2.59. The normalized spacial score (nSPS) is 10.5. The van der Waals surface area contributed by atoms with Crippen LogP contribution in [-0.2, 0) is 6.54 Å². The number of benzene rings is 2. The van der Waals surface area contributed by atoms with Crippen LogP contribution < -0.4 is 10.9 Å². The smallest absolute Gasteiger partial charge is 0.297 e. The maximum atomic E-state index is 12.6. The second-order valence-corrected chi connectivity index (χ2v) is 5.64. The van der Waals surface area contributed by atoms with Gasteiger partial charge in [-0.2, -0.15) is 0 Å². The van der Waals surface area contributed by atoms with Crippen molar-refractivity contribution < 1.29 is 0 Å². The molecule has 1 heterocycles. The van der Waals surface area contributed by atoms with Gasteiger partial charge in [0, 0.05) is 29.6 Å². The van der Waals surface area contributed by atoms with Crippen molar-refractivity contribution in [3.63, 3.8) is 0 Å². The molecule has 2 aromatic carbocycles. The lowest BCUT2D eigenvalue weighted by molar-refractivity contribution is 0.944. The molecule has 0 aliphatic carbocycles. The molecule has 0 spiro atoms. The van der Waals surface area contributed by atoms with Crippen molar-refractivity contribution >= 4 is 17.4 Å². The van der Waals surface area contributed by atoms with Gasteiger partial charge in [0.1, 0.15) is 0 Å². The number of anilines is 1. The highest BCUT2D eigenvalue weighted by atomic mass is 35.5. The Morgan fingerprint density at radius 2 is 1.87 bits per heavy atom. The minimum Gasteiger partial charge on any atom is -0.361 e. The fourth-order valence-corrected chi connectivity index (χ4v) is 2.46. The second-order valence-electron chi connectivity index (χ2n) is 5.23. The van der Waals surface area contributed by atoms with Crippen LogP contribution in [0.25, 0.3) is 5.69 Å². The summed E-state index contributed by atoms with van der Waals surface area (Å²) in [5.74, 6) is 0.299. The molecule has 116 valence electrons. The van der Waals surface area contributed by atoms with Crippen LogP contribution in [0.3, 0.4) is 0 Å². The third-order valence-corrected chi connectivity index (χ3v) is 3.93. The molecule has 3 aromatic rings. The Morgan fingerprint density at radius 3 is 2.61 bits per heavy atom. The molecule has 0 amide bonds. The third kappa shape index (κ3) is 3.43. The Kier molecular flexibility index (Phi) is 4.44. The predicted molar refractivity (Wildman–Crippen MR) is 93.3 cm³/mol. The summed E-state index contributed by atoms with van der Waals surface area (Å²) in [6.45, 7) is 2.45. The zero-order valence-electron chi connectivity index (χ0n) is 12.7. The van der Waals surface area contributed by atoms with Gasteiger partial charge in [0.25, 0.3) is 5.56 Å². The molecule has 4 nitrogen and oxygen atoms in total. The molecule has 0 saturated heterocycles. The van der Waals surface area contributed by atoms with Crippen molar-refractivity contribution in [3.8, 4) is 5.69 Å². The van der Waals surface area contributed by atoms with E-state index in [0.29, 0.717) is 17.4 Å². The number of rotatable bonds is 4. The molecule has 1 N–H and O–H groups in total. The summed E-state index contributed by atoms with van der Waals surface area (Å²) >= 11 is 6.13. The third-order valence-electron chi connectivity index (χ3n) is 3.56. The van der Waals surface area contributed by atoms with Crippen molar-refractivity contribution in [1.82, 2.24) is 9.55 Å². The van der Waals surface area contributed by atoms with Crippen molar-refractivity contribution in [2.24, 2.45) is 0 Å². The van der Waals surface area contributed by atoms with Gasteiger partial charge < -0.3 is 5.32 Å². The van der Waals surface area contributed by atoms with Crippen LogP contribution in [0.1, 0.15) is 11.1 Å². The van der Waals surface area contributed by atoms with Crippen LogP contribution in [0.4, 0.5) is 5.82 Å². The maximum absolute atomic E-state index is 12.6. The first kappa shape index (κ1) is 15.3. The SMILES string of the molecule is Cc1ccc(-n2ccnc(NCc3ccccc3Cl)c2=O)cc1. The average Bonchev–Trinajstić information content (AvgIpc) is 2.56. The predicted octanol–water partition coefficient (Wildman–Crippen LogP) is 3.81. The van der Waals surface area contributed by atoms with Crippen LogP contribution in [0.15, 0.2) is 65.7 Å². The summed E-state index contributed by atoms with van der Waals surface area (Å²) in [4.78, 5) is 16.7. The van der Waals surface area contributed by atoms with Crippen molar-refractivity contribution in [2.45, 2.75) is 13.5 Å². The minimum absolute atomic E-state index is 0.191. The summed E-state index contributed by atoms with van der Waals surface area (Å²) in [6, 6.07) is 15.3. The van der Waals surface area contributed by atoms with E-state index in [-0.39, 0.29) is 5.56 Å². The van der Waals surface area contributed by atoms with E-state index in [1.54, 1.807) is 17.0 Å². The monoisotopic (exact) mass is 325 g/mol. The summed E-state index contributed by atoms with van der Waals surface area (Å²) < 4.78 is 1.57. The molecule has 3 rings (SSSR count). The van der Waals surface area contributed by atoms with Crippen molar-refractivity contribution in [1.29, 1.82) is 0 Å². The van der Waals surface area contributed by atoms with E-state index in [1.165, 1.54) is 0 Å². The minimum atomic E-state index is -0.191. The van der Waals surface area contributed by atoms with Gasteiger partial charge in [-0.15, -0.1) is 0 Å². The molecule has 0 unspecified atom stereocenters. The van der Waals surface area contributed by atoms with E-state index in [0.717, 1.165) is 16.8 Å². The first-order valence-electron chi connectivity index (χ1n) is 7.27. The van der Waals surface area contributed by atoms with Gasteiger partial charge in [-0.3, -0.25) is 9.36 Å². The maximum Gasteiger partial charge on any atom is 0.297 e. The van der Waals surface area contributed by atoms with Crippen molar-refractivity contribution in [2.75, 3.05) is 5.32 Å². The molecule has 5 heteroatoms. The molecular formula is C18H16ClN3O.